The van der Waals surface area contributed by atoms with Gasteiger partial charge in [0.2, 0.25) is 0 Å². The quantitative estimate of drug-likeness (QED) is 0.593. The predicted octanol–water partition coefficient (Wildman–Crippen LogP) is 0.195. The standard InChI is InChI=1S/C24H30N4O3/c1-17-12-22(30-3)23(31-4)14-20(17)16-27-8-10-28(11-9-27)18(2)24(29)26-21-7-5-6-19(13-21)15-25/h5-7,12-14,18H,8-11,16H2,1-4H3,(H,26,29)/p+2/t18-/m1/s1. The zero-order chi connectivity index (χ0) is 22.4. The number of anilines is 1. The van der Waals surface area contributed by atoms with Gasteiger partial charge in [-0.2, -0.15) is 5.26 Å². The topological polar surface area (TPSA) is 80.2 Å². The molecule has 0 aromatic heterocycles. The van der Waals surface area contributed by atoms with Crippen LogP contribution in [0.25, 0.3) is 0 Å². The van der Waals surface area contributed by atoms with Crippen molar-refractivity contribution in [2.45, 2.75) is 26.4 Å². The van der Waals surface area contributed by atoms with E-state index >= 15 is 0 Å². The Kier molecular flexibility index (Phi) is 7.50. The highest BCUT2D eigenvalue weighted by atomic mass is 16.5. The second-order valence-electron chi connectivity index (χ2n) is 8.12. The monoisotopic (exact) mass is 424 g/mol. The number of hydrogen-bond donors (Lipinski definition) is 3. The smallest absolute Gasteiger partial charge is 0.282 e. The molecule has 3 N–H and O–H groups in total. The van der Waals surface area contributed by atoms with Gasteiger partial charge in [0.05, 0.1) is 25.9 Å². The van der Waals surface area contributed by atoms with Gasteiger partial charge in [0.15, 0.2) is 17.5 Å². The fourth-order valence-corrected chi connectivity index (χ4v) is 4.12. The van der Waals surface area contributed by atoms with Gasteiger partial charge in [0, 0.05) is 11.3 Å². The van der Waals surface area contributed by atoms with Crippen LogP contribution in [0.15, 0.2) is 36.4 Å². The van der Waals surface area contributed by atoms with Crippen molar-refractivity contribution >= 4 is 11.6 Å². The fourth-order valence-electron chi connectivity index (χ4n) is 4.12. The summed E-state index contributed by atoms with van der Waals surface area (Å²) >= 11 is 0. The van der Waals surface area contributed by atoms with Crippen molar-refractivity contribution < 1.29 is 24.1 Å². The predicted molar refractivity (Wildman–Crippen MR) is 119 cm³/mol. The molecule has 0 bridgehead atoms. The van der Waals surface area contributed by atoms with Crippen molar-refractivity contribution in [1.29, 1.82) is 5.26 Å². The maximum Gasteiger partial charge on any atom is 0.282 e. The second-order valence-corrected chi connectivity index (χ2v) is 8.12. The number of quaternary nitrogens is 2. The maximum absolute atomic E-state index is 12.7. The van der Waals surface area contributed by atoms with Crippen LogP contribution >= 0.6 is 0 Å². The van der Waals surface area contributed by atoms with Crippen LogP contribution in [-0.2, 0) is 11.3 Å². The number of nitriles is 1. The largest absolute Gasteiger partial charge is 0.493 e. The fraction of sp³-hybridized carbons (Fsp3) is 0.417. The van der Waals surface area contributed by atoms with E-state index in [1.807, 2.05) is 19.1 Å². The zero-order valence-corrected chi connectivity index (χ0v) is 18.7. The van der Waals surface area contributed by atoms with Crippen LogP contribution < -0.4 is 24.6 Å². The van der Waals surface area contributed by atoms with Crippen molar-refractivity contribution in [1.82, 2.24) is 0 Å². The van der Waals surface area contributed by atoms with E-state index in [0.717, 1.165) is 44.2 Å². The normalized spacial score (nSPS) is 19.2. The van der Waals surface area contributed by atoms with Gasteiger partial charge in [0.1, 0.15) is 32.7 Å². The van der Waals surface area contributed by atoms with Crippen LogP contribution in [0.3, 0.4) is 0 Å². The summed E-state index contributed by atoms with van der Waals surface area (Å²) in [6.45, 7) is 8.90. The van der Waals surface area contributed by atoms with Crippen LogP contribution in [-0.4, -0.2) is 52.3 Å². The summed E-state index contributed by atoms with van der Waals surface area (Å²) in [7, 11) is 3.32. The van der Waals surface area contributed by atoms with E-state index in [9.17, 15) is 4.79 Å². The Morgan fingerprint density at radius 3 is 2.45 bits per heavy atom. The van der Waals surface area contributed by atoms with Gasteiger partial charge < -0.3 is 24.6 Å². The molecule has 1 aliphatic heterocycles. The number of hydrogen-bond acceptors (Lipinski definition) is 4. The van der Waals surface area contributed by atoms with Crippen molar-refractivity contribution in [3.8, 4) is 17.6 Å². The van der Waals surface area contributed by atoms with Crippen LogP contribution in [0.5, 0.6) is 11.5 Å². The molecule has 1 fully saturated rings. The van der Waals surface area contributed by atoms with Gasteiger partial charge >= 0.3 is 0 Å². The molecule has 0 unspecified atom stereocenters. The summed E-state index contributed by atoms with van der Waals surface area (Å²) in [5.74, 6) is 1.51. The Morgan fingerprint density at radius 2 is 1.81 bits per heavy atom. The molecule has 0 saturated carbocycles. The lowest BCUT2D eigenvalue weighted by atomic mass is 10.1. The summed E-state index contributed by atoms with van der Waals surface area (Å²) < 4.78 is 10.9. The number of amides is 1. The van der Waals surface area contributed by atoms with E-state index < -0.39 is 0 Å². The number of nitrogens with zero attached hydrogens (tertiary/aromatic N) is 1. The summed E-state index contributed by atoms with van der Waals surface area (Å²) in [6, 6.07) is 13.1. The number of nitrogens with one attached hydrogen (secondary N) is 3. The molecular weight excluding hydrogens is 392 g/mol. The Bertz CT molecular complexity index is 962. The minimum Gasteiger partial charge on any atom is -0.493 e. The number of rotatable bonds is 7. The van der Waals surface area contributed by atoms with E-state index in [1.54, 1.807) is 32.4 Å². The molecule has 2 aromatic rings. The van der Waals surface area contributed by atoms with Crippen molar-refractivity contribution in [2.75, 3.05) is 45.7 Å². The molecule has 1 heterocycles. The molecule has 1 atom stereocenters. The molecular formula is C24H32N4O3+2. The van der Waals surface area contributed by atoms with Crippen LogP contribution in [0.2, 0.25) is 0 Å². The summed E-state index contributed by atoms with van der Waals surface area (Å²) in [4.78, 5) is 15.5. The molecule has 1 saturated heterocycles. The zero-order valence-electron chi connectivity index (χ0n) is 18.7. The van der Waals surface area contributed by atoms with E-state index in [0.29, 0.717) is 11.3 Å². The SMILES string of the molecule is COc1cc(C)c(C[NH+]2CC[NH+]([C@H](C)C(=O)Nc3cccc(C#N)c3)CC2)cc1OC. The van der Waals surface area contributed by atoms with Crippen molar-refractivity contribution in [2.24, 2.45) is 0 Å². The highest BCUT2D eigenvalue weighted by Gasteiger charge is 2.31. The van der Waals surface area contributed by atoms with Crippen LogP contribution in [0.4, 0.5) is 5.69 Å². The third kappa shape index (κ3) is 5.54. The van der Waals surface area contributed by atoms with Gasteiger partial charge in [0.25, 0.3) is 5.91 Å². The number of ether oxygens (including phenoxy) is 2. The molecule has 0 radical (unpaired) electrons. The number of methoxy groups -OCH3 is 2. The first kappa shape index (κ1) is 22.6. The average Bonchev–Trinajstić information content (AvgIpc) is 2.80. The van der Waals surface area contributed by atoms with Gasteiger partial charge in [-0.1, -0.05) is 6.07 Å². The number of carbonyl (C=O) groups is 1. The van der Waals surface area contributed by atoms with E-state index in [4.69, 9.17) is 14.7 Å². The Balaban J connectivity index is 1.55. The molecule has 164 valence electrons. The average molecular weight is 425 g/mol. The maximum atomic E-state index is 12.7. The first-order valence-electron chi connectivity index (χ1n) is 10.7. The highest BCUT2D eigenvalue weighted by Crippen LogP contribution is 2.29. The molecule has 2 aromatic carbocycles. The lowest BCUT2D eigenvalue weighted by Gasteiger charge is -2.33. The molecule has 7 nitrogen and oxygen atoms in total. The van der Waals surface area contributed by atoms with Crippen molar-refractivity contribution in [3.05, 3.63) is 53.1 Å². The van der Waals surface area contributed by atoms with E-state index in [2.05, 4.69) is 24.4 Å². The van der Waals surface area contributed by atoms with Crippen molar-refractivity contribution in [3.63, 3.8) is 0 Å². The number of piperazine rings is 1. The molecule has 1 aliphatic rings. The molecule has 3 rings (SSSR count). The Labute approximate surface area is 184 Å². The third-order valence-electron chi connectivity index (χ3n) is 6.15. The van der Waals surface area contributed by atoms with Crippen LogP contribution in [0, 0.1) is 18.3 Å². The minimum absolute atomic E-state index is 0.00993. The molecule has 0 spiro atoms. The van der Waals surface area contributed by atoms with E-state index in [1.165, 1.54) is 20.9 Å². The van der Waals surface area contributed by atoms with E-state index in [-0.39, 0.29) is 11.9 Å². The van der Waals surface area contributed by atoms with Gasteiger partial charge in [-0.15, -0.1) is 0 Å². The Morgan fingerprint density at radius 1 is 1.13 bits per heavy atom. The van der Waals surface area contributed by atoms with Crippen LogP contribution in [0.1, 0.15) is 23.6 Å². The highest BCUT2D eigenvalue weighted by molar-refractivity contribution is 5.93. The summed E-state index contributed by atoms with van der Waals surface area (Å²) in [5.41, 5.74) is 3.68. The molecule has 1 amide bonds. The molecule has 31 heavy (non-hydrogen) atoms. The van der Waals surface area contributed by atoms with Gasteiger partial charge in [-0.05, 0) is 49.7 Å². The lowest BCUT2D eigenvalue weighted by molar-refractivity contribution is -1.02. The molecule has 0 aliphatic carbocycles. The number of carbonyl (C=O) groups excluding carboxylic acids is 1. The summed E-state index contributed by atoms with van der Waals surface area (Å²) in [6.07, 6.45) is 0. The number of aryl methyl sites for hydroxylation is 1. The summed E-state index contributed by atoms with van der Waals surface area (Å²) in [5, 5.41) is 12.0. The lowest BCUT2D eigenvalue weighted by Crippen LogP contribution is -3.29. The Hall–Kier alpha value is -3.08. The number of benzene rings is 2. The third-order valence-corrected chi connectivity index (χ3v) is 6.15. The second kappa shape index (κ2) is 10.3. The van der Waals surface area contributed by atoms with Gasteiger partial charge in [-0.3, -0.25) is 4.79 Å². The first-order valence-corrected chi connectivity index (χ1v) is 10.7. The first-order chi connectivity index (χ1) is 14.9. The molecule has 7 heteroatoms. The minimum atomic E-state index is -0.143. The van der Waals surface area contributed by atoms with Gasteiger partial charge in [-0.25, -0.2) is 0 Å².